The molecule has 0 unspecified atom stereocenters. The van der Waals surface area contributed by atoms with E-state index in [2.05, 4.69) is 19.1 Å². The van der Waals surface area contributed by atoms with Crippen molar-refractivity contribution < 1.29 is 4.74 Å². The first-order chi connectivity index (χ1) is 7.88. The number of para-hydroxylation sites is 1. The summed E-state index contributed by atoms with van der Waals surface area (Å²) in [5, 5.41) is 0. The molecule has 90 valence electrons. The first-order valence-corrected chi connectivity index (χ1v) is 5.70. The molecule has 0 aliphatic heterocycles. The van der Waals surface area contributed by atoms with Gasteiger partial charge in [-0.3, -0.25) is 0 Å². The van der Waals surface area contributed by atoms with E-state index < -0.39 is 0 Å². The summed E-state index contributed by atoms with van der Waals surface area (Å²) in [6.45, 7) is 2.19. The largest absolute Gasteiger partial charge is 0.457 e. The van der Waals surface area contributed by atoms with Gasteiger partial charge in [0, 0.05) is 0 Å². The predicted octanol–water partition coefficient (Wildman–Crippen LogP) is 4.59. The molecule has 2 nitrogen and oxygen atoms in total. The van der Waals surface area contributed by atoms with Crippen LogP contribution in [0.4, 0.5) is 0 Å². The summed E-state index contributed by atoms with van der Waals surface area (Å²) >= 11 is 0. The zero-order chi connectivity index (χ0) is 11.2. The lowest BCUT2D eigenvalue weighted by atomic mass is 10.1. The van der Waals surface area contributed by atoms with Crippen molar-refractivity contribution in [3.05, 3.63) is 60.2 Å². The highest BCUT2D eigenvalue weighted by Gasteiger charge is 1.96. The highest BCUT2D eigenvalue weighted by atomic mass is 16.5. The van der Waals surface area contributed by atoms with E-state index in [4.69, 9.17) is 4.74 Å². The van der Waals surface area contributed by atoms with Crippen molar-refractivity contribution in [2.75, 3.05) is 0 Å². The monoisotopic (exact) mass is 229 g/mol. The second-order valence-electron chi connectivity index (χ2n) is 3.81. The summed E-state index contributed by atoms with van der Waals surface area (Å²) in [5.74, 6) is 1.77. The van der Waals surface area contributed by atoms with E-state index in [1.807, 2.05) is 42.5 Å². The topological polar surface area (TPSA) is 44.2 Å². The van der Waals surface area contributed by atoms with E-state index in [1.54, 1.807) is 0 Å². The lowest BCUT2D eigenvalue weighted by Crippen LogP contribution is -1.85. The minimum absolute atomic E-state index is 0. The molecule has 0 fully saturated rings. The van der Waals surface area contributed by atoms with Crippen LogP contribution >= 0.6 is 0 Å². The van der Waals surface area contributed by atoms with Gasteiger partial charge >= 0.3 is 0 Å². The predicted molar refractivity (Wildman–Crippen MR) is 72.0 cm³/mol. The van der Waals surface area contributed by atoms with Gasteiger partial charge in [0.2, 0.25) is 0 Å². The zero-order valence-electron chi connectivity index (χ0n) is 10.2. The molecular weight excluding hydrogens is 210 g/mol. The second kappa shape index (κ2) is 6.71. The van der Waals surface area contributed by atoms with Gasteiger partial charge in [-0.15, -0.1) is 0 Å². The van der Waals surface area contributed by atoms with Gasteiger partial charge < -0.3 is 10.9 Å². The molecule has 0 radical (unpaired) electrons. The van der Waals surface area contributed by atoms with E-state index in [1.165, 1.54) is 12.0 Å². The summed E-state index contributed by atoms with van der Waals surface area (Å²) in [7, 11) is 0. The van der Waals surface area contributed by atoms with Crippen LogP contribution in [0.15, 0.2) is 54.6 Å². The molecule has 2 aromatic rings. The first kappa shape index (κ1) is 13.3. The second-order valence-corrected chi connectivity index (χ2v) is 3.81. The Morgan fingerprint density at radius 2 is 1.41 bits per heavy atom. The molecule has 0 atom stereocenters. The number of ether oxygens (including phenoxy) is 1. The third-order valence-corrected chi connectivity index (χ3v) is 2.44. The third-order valence-electron chi connectivity index (χ3n) is 2.44. The van der Waals surface area contributed by atoms with Gasteiger partial charge in [-0.2, -0.15) is 0 Å². The summed E-state index contributed by atoms with van der Waals surface area (Å²) in [6.07, 6.45) is 2.31. The van der Waals surface area contributed by atoms with E-state index >= 15 is 0 Å². The molecule has 0 saturated heterocycles. The highest BCUT2D eigenvalue weighted by molar-refractivity contribution is 5.32. The maximum absolute atomic E-state index is 5.71. The molecule has 0 aromatic heterocycles. The van der Waals surface area contributed by atoms with Gasteiger partial charge in [-0.25, -0.2) is 0 Å². The Hall–Kier alpha value is -1.80. The molecule has 2 aromatic carbocycles. The van der Waals surface area contributed by atoms with Crippen LogP contribution in [-0.2, 0) is 6.42 Å². The summed E-state index contributed by atoms with van der Waals surface area (Å²) < 4.78 is 5.71. The van der Waals surface area contributed by atoms with Gasteiger partial charge in [0.15, 0.2) is 0 Å². The first-order valence-electron chi connectivity index (χ1n) is 5.70. The molecule has 2 rings (SSSR count). The number of aryl methyl sites for hydroxylation is 1. The molecule has 0 saturated carbocycles. The fourth-order valence-corrected chi connectivity index (χ4v) is 1.64. The quantitative estimate of drug-likeness (QED) is 0.833. The molecule has 0 heterocycles. The number of benzene rings is 2. The van der Waals surface area contributed by atoms with Gasteiger partial charge in [-0.05, 0) is 36.2 Å². The van der Waals surface area contributed by atoms with Gasteiger partial charge in [0.1, 0.15) is 11.5 Å². The summed E-state index contributed by atoms with van der Waals surface area (Å²) in [6, 6.07) is 18.2. The van der Waals surface area contributed by atoms with Gasteiger partial charge in [0.05, 0.1) is 0 Å². The molecule has 3 N–H and O–H groups in total. The normalized spacial score (nSPS) is 9.47. The van der Waals surface area contributed by atoms with Crippen molar-refractivity contribution in [2.45, 2.75) is 19.8 Å². The lowest BCUT2D eigenvalue weighted by Gasteiger charge is -2.06. The Balaban J connectivity index is 0.00000144. The SMILES string of the molecule is CCCc1ccc(Oc2ccccc2)cc1.N. The van der Waals surface area contributed by atoms with Crippen LogP contribution in [0.3, 0.4) is 0 Å². The van der Waals surface area contributed by atoms with E-state index in [9.17, 15) is 0 Å². The van der Waals surface area contributed by atoms with Crippen LogP contribution in [0.1, 0.15) is 18.9 Å². The highest BCUT2D eigenvalue weighted by Crippen LogP contribution is 2.21. The van der Waals surface area contributed by atoms with Crippen LogP contribution in [0, 0.1) is 0 Å². The van der Waals surface area contributed by atoms with Gasteiger partial charge in [-0.1, -0.05) is 43.7 Å². The van der Waals surface area contributed by atoms with Crippen molar-refractivity contribution in [1.29, 1.82) is 0 Å². The number of hydrogen-bond acceptors (Lipinski definition) is 2. The average Bonchev–Trinajstić information content (AvgIpc) is 2.33. The Morgan fingerprint density at radius 1 is 0.824 bits per heavy atom. The van der Waals surface area contributed by atoms with Crippen LogP contribution < -0.4 is 10.9 Å². The van der Waals surface area contributed by atoms with Crippen molar-refractivity contribution >= 4 is 0 Å². The molecule has 2 heteroatoms. The number of hydrogen-bond donors (Lipinski definition) is 1. The number of rotatable bonds is 4. The minimum Gasteiger partial charge on any atom is -0.457 e. The molecule has 0 spiro atoms. The maximum Gasteiger partial charge on any atom is 0.127 e. The molecule has 0 aliphatic carbocycles. The van der Waals surface area contributed by atoms with Crippen LogP contribution in [0.5, 0.6) is 11.5 Å². The van der Waals surface area contributed by atoms with Crippen LogP contribution in [0.25, 0.3) is 0 Å². The fourth-order valence-electron chi connectivity index (χ4n) is 1.64. The molecule has 0 bridgehead atoms. The van der Waals surface area contributed by atoms with Crippen molar-refractivity contribution in [1.82, 2.24) is 6.15 Å². The molecular formula is C15H19NO. The van der Waals surface area contributed by atoms with Crippen molar-refractivity contribution in [2.24, 2.45) is 0 Å². The van der Waals surface area contributed by atoms with E-state index in [-0.39, 0.29) is 6.15 Å². The van der Waals surface area contributed by atoms with E-state index in [0.717, 1.165) is 17.9 Å². The Kier molecular flexibility index (Phi) is 5.24. The summed E-state index contributed by atoms with van der Waals surface area (Å²) in [4.78, 5) is 0. The third kappa shape index (κ3) is 3.93. The van der Waals surface area contributed by atoms with Crippen LogP contribution in [-0.4, -0.2) is 0 Å². The lowest BCUT2D eigenvalue weighted by molar-refractivity contribution is 0.482. The Morgan fingerprint density at radius 3 is 2.00 bits per heavy atom. The molecule has 0 amide bonds. The van der Waals surface area contributed by atoms with Crippen molar-refractivity contribution in [3.8, 4) is 11.5 Å². The summed E-state index contributed by atoms with van der Waals surface area (Å²) in [5.41, 5.74) is 1.36. The van der Waals surface area contributed by atoms with Gasteiger partial charge in [0.25, 0.3) is 0 Å². The molecule has 0 aliphatic rings. The minimum atomic E-state index is 0. The van der Waals surface area contributed by atoms with Crippen LogP contribution in [0.2, 0.25) is 0 Å². The Labute approximate surface area is 103 Å². The van der Waals surface area contributed by atoms with E-state index in [0.29, 0.717) is 0 Å². The fraction of sp³-hybridized carbons (Fsp3) is 0.200. The standard InChI is InChI=1S/C15H16O.H3N/c1-2-6-13-9-11-15(12-10-13)16-14-7-4-3-5-8-14;/h3-5,7-12H,2,6H2,1H3;1H3. The van der Waals surface area contributed by atoms with Crippen molar-refractivity contribution in [3.63, 3.8) is 0 Å². The molecule has 17 heavy (non-hydrogen) atoms. The smallest absolute Gasteiger partial charge is 0.127 e. The zero-order valence-corrected chi connectivity index (χ0v) is 10.2. The average molecular weight is 229 g/mol. The maximum atomic E-state index is 5.71. The Bertz CT molecular complexity index is 422.